The fourth-order valence-corrected chi connectivity index (χ4v) is 3.64. The van der Waals surface area contributed by atoms with Gasteiger partial charge in [0.15, 0.2) is 0 Å². The van der Waals surface area contributed by atoms with Crippen LogP contribution in [-0.4, -0.2) is 33.5 Å². The number of hydrogen-bond donors (Lipinski definition) is 0. The molecule has 0 amide bonds. The van der Waals surface area contributed by atoms with Crippen LogP contribution < -0.4 is 15.0 Å². The Bertz CT molecular complexity index is 1080. The maximum atomic E-state index is 12.5. The summed E-state index contributed by atoms with van der Waals surface area (Å²) in [6, 6.07) is 7.70. The summed E-state index contributed by atoms with van der Waals surface area (Å²) in [5.74, 6) is 2.06. The second kappa shape index (κ2) is 8.65. The average Bonchev–Trinajstić information content (AvgIpc) is 3.54. The Labute approximate surface area is 175 Å². The first kappa shape index (κ1) is 20.1. The molecule has 0 bridgehead atoms. The summed E-state index contributed by atoms with van der Waals surface area (Å²) in [6.07, 6.45) is 7.81. The van der Waals surface area contributed by atoms with E-state index in [1.807, 2.05) is 24.4 Å². The van der Waals surface area contributed by atoms with Crippen molar-refractivity contribution < 1.29 is 9.47 Å². The largest absolute Gasteiger partial charge is 0.495 e. The molecule has 4 rings (SSSR count). The minimum absolute atomic E-state index is 0.0874. The van der Waals surface area contributed by atoms with Gasteiger partial charge in [-0.15, -0.1) is 5.10 Å². The van der Waals surface area contributed by atoms with Crippen LogP contribution >= 0.6 is 0 Å². The first-order chi connectivity index (χ1) is 14.5. The second-order valence-electron chi connectivity index (χ2n) is 7.77. The lowest BCUT2D eigenvalue weighted by Gasteiger charge is -2.10. The standard InChI is InChI=1S/C23H26N4O3/c1-15-8-9-24-12-17(15)5-4-16-11-22(26-27(2)23(16)28)30-14-18-10-20(18)21-7-6-19(29-3)13-25-21/h6-9,11-13,18,20H,4-5,10,14H2,1-3H3/t18-,20+/m1/s1. The number of nitrogens with zero attached hydrogens (tertiary/aromatic N) is 4. The summed E-state index contributed by atoms with van der Waals surface area (Å²) in [4.78, 5) is 21.1. The van der Waals surface area contributed by atoms with E-state index in [0.29, 0.717) is 36.3 Å². The summed E-state index contributed by atoms with van der Waals surface area (Å²) < 4.78 is 12.5. The van der Waals surface area contributed by atoms with Gasteiger partial charge in [-0.05, 0) is 55.5 Å². The predicted octanol–water partition coefficient (Wildman–Crippen LogP) is 2.86. The van der Waals surface area contributed by atoms with Crippen LogP contribution in [0.4, 0.5) is 0 Å². The minimum Gasteiger partial charge on any atom is -0.495 e. The lowest BCUT2D eigenvalue weighted by molar-refractivity contribution is 0.277. The van der Waals surface area contributed by atoms with E-state index in [0.717, 1.165) is 29.8 Å². The van der Waals surface area contributed by atoms with Gasteiger partial charge in [-0.2, -0.15) is 0 Å². The number of ether oxygens (including phenoxy) is 2. The van der Waals surface area contributed by atoms with Crippen molar-refractivity contribution in [1.29, 1.82) is 0 Å². The average molecular weight is 406 g/mol. The van der Waals surface area contributed by atoms with Crippen molar-refractivity contribution in [3.63, 3.8) is 0 Å². The molecule has 1 aliphatic rings. The molecule has 7 nitrogen and oxygen atoms in total. The molecule has 0 saturated heterocycles. The molecule has 2 atom stereocenters. The summed E-state index contributed by atoms with van der Waals surface area (Å²) in [5, 5.41) is 4.26. The van der Waals surface area contributed by atoms with E-state index in [1.54, 1.807) is 32.6 Å². The monoisotopic (exact) mass is 406 g/mol. The third-order valence-corrected chi connectivity index (χ3v) is 5.67. The highest BCUT2D eigenvalue weighted by Gasteiger charge is 2.40. The number of rotatable bonds is 8. The van der Waals surface area contributed by atoms with E-state index in [1.165, 1.54) is 10.2 Å². The number of aromatic nitrogens is 4. The molecule has 0 aliphatic heterocycles. The van der Waals surface area contributed by atoms with Crippen LogP contribution in [0.1, 0.15) is 34.7 Å². The molecule has 7 heteroatoms. The summed E-state index contributed by atoms with van der Waals surface area (Å²) in [5.41, 5.74) is 4.00. The molecule has 0 N–H and O–H groups in total. The van der Waals surface area contributed by atoms with E-state index in [9.17, 15) is 4.79 Å². The molecular formula is C23H26N4O3. The number of pyridine rings is 2. The van der Waals surface area contributed by atoms with Crippen molar-refractivity contribution >= 4 is 0 Å². The van der Waals surface area contributed by atoms with Crippen molar-refractivity contribution in [3.05, 3.63) is 75.6 Å². The van der Waals surface area contributed by atoms with Crippen molar-refractivity contribution in [2.45, 2.75) is 32.1 Å². The Kier molecular flexibility index (Phi) is 5.79. The highest BCUT2D eigenvalue weighted by molar-refractivity contribution is 5.26. The molecule has 0 aromatic carbocycles. The third-order valence-electron chi connectivity index (χ3n) is 5.67. The van der Waals surface area contributed by atoms with Crippen LogP contribution in [0.5, 0.6) is 11.6 Å². The zero-order valence-corrected chi connectivity index (χ0v) is 17.5. The zero-order valence-electron chi connectivity index (χ0n) is 17.5. The molecule has 0 unspecified atom stereocenters. The van der Waals surface area contributed by atoms with Gasteiger partial charge in [0, 0.05) is 48.6 Å². The number of methoxy groups -OCH3 is 1. The van der Waals surface area contributed by atoms with Crippen LogP contribution in [0.2, 0.25) is 0 Å². The Morgan fingerprint density at radius 1 is 1.17 bits per heavy atom. The van der Waals surface area contributed by atoms with Gasteiger partial charge in [0.25, 0.3) is 5.56 Å². The van der Waals surface area contributed by atoms with Crippen LogP contribution in [0, 0.1) is 12.8 Å². The topological polar surface area (TPSA) is 79.1 Å². The Morgan fingerprint density at radius 3 is 2.73 bits per heavy atom. The van der Waals surface area contributed by atoms with Gasteiger partial charge in [0.2, 0.25) is 5.88 Å². The maximum absolute atomic E-state index is 12.5. The lowest BCUT2D eigenvalue weighted by atomic mass is 10.0. The highest BCUT2D eigenvalue weighted by Crippen LogP contribution is 2.46. The maximum Gasteiger partial charge on any atom is 0.269 e. The first-order valence-electron chi connectivity index (χ1n) is 10.1. The molecular weight excluding hydrogens is 380 g/mol. The molecule has 3 heterocycles. The normalized spacial score (nSPS) is 17.6. The zero-order chi connectivity index (χ0) is 21.1. The smallest absolute Gasteiger partial charge is 0.269 e. The Hall–Kier alpha value is -3.22. The van der Waals surface area contributed by atoms with Crippen molar-refractivity contribution in [2.75, 3.05) is 13.7 Å². The molecule has 3 aromatic heterocycles. The number of hydrogen-bond acceptors (Lipinski definition) is 6. The SMILES string of the molecule is COc1ccc([C@H]2C[C@@H]2COc2cc(CCc3cnccc3C)c(=O)n(C)n2)nc1. The molecule has 1 saturated carbocycles. The number of aryl methyl sites for hydroxylation is 4. The quantitative estimate of drug-likeness (QED) is 0.572. The van der Waals surface area contributed by atoms with Gasteiger partial charge in [-0.1, -0.05) is 0 Å². The second-order valence-corrected chi connectivity index (χ2v) is 7.77. The molecule has 0 radical (unpaired) electrons. The van der Waals surface area contributed by atoms with Crippen LogP contribution in [0.3, 0.4) is 0 Å². The van der Waals surface area contributed by atoms with Gasteiger partial charge in [-0.3, -0.25) is 14.8 Å². The van der Waals surface area contributed by atoms with Gasteiger partial charge < -0.3 is 9.47 Å². The van der Waals surface area contributed by atoms with Crippen LogP contribution in [0.25, 0.3) is 0 Å². The van der Waals surface area contributed by atoms with Crippen LogP contribution in [0.15, 0.2) is 47.7 Å². The van der Waals surface area contributed by atoms with Crippen molar-refractivity contribution in [2.24, 2.45) is 13.0 Å². The summed E-state index contributed by atoms with van der Waals surface area (Å²) in [6.45, 7) is 2.62. The Balaban J connectivity index is 1.38. The molecule has 30 heavy (non-hydrogen) atoms. The molecule has 1 aliphatic carbocycles. The summed E-state index contributed by atoms with van der Waals surface area (Å²) >= 11 is 0. The van der Waals surface area contributed by atoms with E-state index in [2.05, 4.69) is 22.0 Å². The summed E-state index contributed by atoms with van der Waals surface area (Å²) in [7, 11) is 3.30. The predicted molar refractivity (Wildman–Crippen MR) is 113 cm³/mol. The van der Waals surface area contributed by atoms with Gasteiger partial charge in [0.1, 0.15) is 5.75 Å². The van der Waals surface area contributed by atoms with Gasteiger partial charge in [0.05, 0.1) is 19.9 Å². The highest BCUT2D eigenvalue weighted by atomic mass is 16.5. The Morgan fingerprint density at radius 2 is 2.00 bits per heavy atom. The molecule has 1 fully saturated rings. The molecule has 156 valence electrons. The fraction of sp³-hybridized carbons (Fsp3) is 0.391. The third kappa shape index (κ3) is 4.50. The molecule has 0 spiro atoms. The van der Waals surface area contributed by atoms with E-state index in [4.69, 9.17) is 9.47 Å². The van der Waals surface area contributed by atoms with Crippen LogP contribution in [-0.2, 0) is 19.9 Å². The molecule has 3 aromatic rings. The lowest BCUT2D eigenvalue weighted by Crippen LogP contribution is -2.24. The fourth-order valence-electron chi connectivity index (χ4n) is 3.64. The van der Waals surface area contributed by atoms with Crippen molar-refractivity contribution in [3.8, 4) is 11.6 Å². The van der Waals surface area contributed by atoms with Crippen molar-refractivity contribution in [1.82, 2.24) is 19.7 Å². The van der Waals surface area contributed by atoms with E-state index < -0.39 is 0 Å². The van der Waals surface area contributed by atoms with Gasteiger partial charge in [-0.25, -0.2) is 4.68 Å². The first-order valence-corrected chi connectivity index (χ1v) is 10.1. The van der Waals surface area contributed by atoms with E-state index in [-0.39, 0.29) is 5.56 Å². The van der Waals surface area contributed by atoms with Gasteiger partial charge >= 0.3 is 0 Å². The van der Waals surface area contributed by atoms with E-state index >= 15 is 0 Å². The minimum atomic E-state index is -0.0874.